The lowest BCUT2D eigenvalue weighted by Gasteiger charge is -1.98. The van der Waals surface area contributed by atoms with E-state index in [1.54, 1.807) is 0 Å². The van der Waals surface area contributed by atoms with E-state index in [0.717, 1.165) is 12.2 Å². The van der Waals surface area contributed by atoms with Gasteiger partial charge in [-0.3, -0.25) is 0 Å². The zero-order valence-corrected chi connectivity index (χ0v) is 7.36. The van der Waals surface area contributed by atoms with Crippen molar-refractivity contribution in [3.63, 3.8) is 0 Å². The highest BCUT2D eigenvalue weighted by molar-refractivity contribution is 5.91. The van der Waals surface area contributed by atoms with Crippen LogP contribution in [0.3, 0.4) is 0 Å². The van der Waals surface area contributed by atoms with Gasteiger partial charge in [0.1, 0.15) is 0 Å². The van der Waals surface area contributed by atoms with Crippen LogP contribution in [0.2, 0.25) is 0 Å². The second-order valence-electron chi connectivity index (χ2n) is 2.10. The number of rotatable bonds is 5. The molecule has 5 heteroatoms. The number of aliphatic hydroxyl groups excluding tert-OH is 1. The standard InChI is InChI=1S/C8H12O5/c1-12-7(10)3-4-8(11)13-6-2-5-9/h3-4,9H,2,5-6H2,1H3. The number of hydrogen-bond donors (Lipinski definition) is 1. The molecule has 74 valence electrons. The van der Waals surface area contributed by atoms with Crippen molar-refractivity contribution in [2.45, 2.75) is 6.42 Å². The van der Waals surface area contributed by atoms with E-state index in [4.69, 9.17) is 5.11 Å². The number of carbonyl (C=O) groups is 2. The van der Waals surface area contributed by atoms with Crippen LogP contribution in [0.1, 0.15) is 6.42 Å². The van der Waals surface area contributed by atoms with E-state index in [1.165, 1.54) is 7.11 Å². The van der Waals surface area contributed by atoms with Gasteiger partial charge < -0.3 is 14.6 Å². The largest absolute Gasteiger partial charge is 0.466 e. The molecule has 0 saturated heterocycles. The second-order valence-corrected chi connectivity index (χ2v) is 2.10. The molecule has 0 aliphatic rings. The van der Waals surface area contributed by atoms with Crippen molar-refractivity contribution >= 4 is 11.9 Å². The molecular weight excluding hydrogens is 176 g/mol. The molecule has 0 fully saturated rings. The van der Waals surface area contributed by atoms with Gasteiger partial charge in [0, 0.05) is 25.2 Å². The van der Waals surface area contributed by atoms with E-state index < -0.39 is 11.9 Å². The Balaban J connectivity index is 3.61. The van der Waals surface area contributed by atoms with Crippen LogP contribution in [-0.2, 0) is 19.1 Å². The number of carbonyl (C=O) groups excluding carboxylic acids is 2. The summed E-state index contributed by atoms with van der Waals surface area (Å²) in [6, 6.07) is 0. The van der Waals surface area contributed by atoms with Gasteiger partial charge in [-0.05, 0) is 0 Å². The lowest BCUT2D eigenvalue weighted by molar-refractivity contribution is -0.139. The minimum Gasteiger partial charge on any atom is -0.466 e. The highest BCUT2D eigenvalue weighted by atomic mass is 16.5. The molecule has 0 unspecified atom stereocenters. The molecule has 0 saturated carbocycles. The molecule has 0 atom stereocenters. The topological polar surface area (TPSA) is 72.8 Å². The van der Waals surface area contributed by atoms with Gasteiger partial charge in [0.2, 0.25) is 0 Å². The van der Waals surface area contributed by atoms with Crippen molar-refractivity contribution in [2.75, 3.05) is 20.3 Å². The quantitative estimate of drug-likeness (QED) is 0.362. The van der Waals surface area contributed by atoms with Crippen molar-refractivity contribution in [1.29, 1.82) is 0 Å². The van der Waals surface area contributed by atoms with E-state index in [1.807, 2.05) is 0 Å². The SMILES string of the molecule is COC(=O)C=CC(=O)OCCCO. The Bertz CT molecular complexity index is 197. The molecule has 0 aliphatic carbocycles. The molecule has 0 rings (SSSR count). The van der Waals surface area contributed by atoms with Crippen molar-refractivity contribution < 1.29 is 24.2 Å². The maximum absolute atomic E-state index is 10.7. The van der Waals surface area contributed by atoms with Crippen molar-refractivity contribution in [3.8, 4) is 0 Å². The smallest absolute Gasteiger partial charge is 0.331 e. The minimum absolute atomic E-state index is 0.0337. The summed E-state index contributed by atoms with van der Waals surface area (Å²) in [6.45, 7) is 0.106. The zero-order chi connectivity index (χ0) is 10.1. The molecule has 0 aliphatic heterocycles. The normalized spacial score (nSPS) is 10.0. The van der Waals surface area contributed by atoms with Gasteiger partial charge in [0.15, 0.2) is 0 Å². The summed E-state index contributed by atoms with van der Waals surface area (Å²) in [7, 11) is 1.21. The average Bonchev–Trinajstić information content (AvgIpc) is 2.14. The summed E-state index contributed by atoms with van der Waals surface area (Å²) in [4.78, 5) is 21.2. The monoisotopic (exact) mass is 188 g/mol. The Morgan fingerprint density at radius 2 is 1.92 bits per heavy atom. The van der Waals surface area contributed by atoms with Crippen LogP contribution >= 0.6 is 0 Å². The van der Waals surface area contributed by atoms with Gasteiger partial charge in [-0.1, -0.05) is 0 Å². The maximum Gasteiger partial charge on any atom is 0.331 e. The molecule has 13 heavy (non-hydrogen) atoms. The highest BCUT2D eigenvalue weighted by Gasteiger charge is 1.98. The van der Waals surface area contributed by atoms with E-state index in [9.17, 15) is 9.59 Å². The fraction of sp³-hybridized carbons (Fsp3) is 0.500. The summed E-state index contributed by atoms with van der Waals surface area (Å²) < 4.78 is 8.84. The third kappa shape index (κ3) is 7.02. The Morgan fingerprint density at radius 3 is 2.46 bits per heavy atom. The molecule has 0 radical (unpaired) electrons. The summed E-state index contributed by atoms with van der Waals surface area (Å²) in [5.41, 5.74) is 0. The van der Waals surface area contributed by atoms with Crippen molar-refractivity contribution in [3.05, 3.63) is 12.2 Å². The van der Waals surface area contributed by atoms with Gasteiger partial charge in [0.05, 0.1) is 13.7 Å². The van der Waals surface area contributed by atoms with Crippen molar-refractivity contribution in [1.82, 2.24) is 0 Å². The Morgan fingerprint density at radius 1 is 1.31 bits per heavy atom. The molecule has 1 N–H and O–H groups in total. The number of aliphatic hydroxyl groups is 1. The van der Waals surface area contributed by atoms with Crippen LogP contribution in [0.4, 0.5) is 0 Å². The van der Waals surface area contributed by atoms with Crippen LogP contribution in [0.5, 0.6) is 0 Å². The molecule has 0 heterocycles. The van der Waals surface area contributed by atoms with Gasteiger partial charge in [0.25, 0.3) is 0 Å². The summed E-state index contributed by atoms with van der Waals surface area (Å²) in [5, 5.41) is 8.35. The molecule has 0 spiro atoms. The van der Waals surface area contributed by atoms with Gasteiger partial charge in [-0.25, -0.2) is 9.59 Å². The van der Waals surface area contributed by atoms with Gasteiger partial charge in [-0.2, -0.15) is 0 Å². The first-order valence-corrected chi connectivity index (χ1v) is 3.74. The average molecular weight is 188 g/mol. The zero-order valence-electron chi connectivity index (χ0n) is 7.36. The maximum atomic E-state index is 10.7. The van der Waals surface area contributed by atoms with E-state index >= 15 is 0 Å². The second kappa shape index (κ2) is 7.30. The Labute approximate surface area is 75.9 Å². The first-order valence-electron chi connectivity index (χ1n) is 3.74. The third-order valence-corrected chi connectivity index (χ3v) is 1.10. The first kappa shape index (κ1) is 11.6. The molecule has 0 bridgehead atoms. The Kier molecular flexibility index (Phi) is 6.53. The number of methoxy groups -OCH3 is 1. The minimum atomic E-state index is -0.626. The summed E-state index contributed by atoms with van der Waals surface area (Å²) >= 11 is 0. The van der Waals surface area contributed by atoms with E-state index in [2.05, 4.69) is 9.47 Å². The molecular formula is C8H12O5. The molecule has 0 amide bonds. The molecule has 5 nitrogen and oxygen atoms in total. The predicted octanol–water partition coefficient (Wildman–Crippen LogP) is -0.359. The predicted molar refractivity (Wildman–Crippen MR) is 43.8 cm³/mol. The number of hydrogen-bond acceptors (Lipinski definition) is 5. The lowest BCUT2D eigenvalue weighted by Crippen LogP contribution is -2.05. The molecule has 0 aromatic heterocycles. The van der Waals surface area contributed by atoms with E-state index in [-0.39, 0.29) is 13.2 Å². The fourth-order valence-corrected chi connectivity index (χ4v) is 0.490. The van der Waals surface area contributed by atoms with Crippen LogP contribution in [0.25, 0.3) is 0 Å². The van der Waals surface area contributed by atoms with Crippen LogP contribution < -0.4 is 0 Å². The third-order valence-electron chi connectivity index (χ3n) is 1.10. The first-order chi connectivity index (χ1) is 6.20. The van der Waals surface area contributed by atoms with Crippen LogP contribution in [-0.4, -0.2) is 37.4 Å². The van der Waals surface area contributed by atoms with Crippen LogP contribution in [0, 0.1) is 0 Å². The van der Waals surface area contributed by atoms with E-state index in [0.29, 0.717) is 6.42 Å². The lowest BCUT2D eigenvalue weighted by atomic mass is 10.5. The van der Waals surface area contributed by atoms with Gasteiger partial charge >= 0.3 is 11.9 Å². The molecule has 0 aromatic carbocycles. The Hall–Kier alpha value is -1.36. The number of esters is 2. The van der Waals surface area contributed by atoms with Crippen molar-refractivity contribution in [2.24, 2.45) is 0 Å². The summed E-state index contributed by atoms with van der Waals surface area (Å²) in [5.74, 6) is -1.24. The highest BCUT2D eigenvalue weighted by Crippen LogP contribution is 1.86. The van der Waals surface area contributed by atoms with Gasteiger partial charge in [-0.15, -0.1) is 0 Å². The fourth-order valence-electron chi connectivity index (χ4n) is 0.490. The summed E-state index contributed by atoms with van der Waals surface area (Å²) in [6.07, 6.45) is 2.34. The van der Waals surface area contributed by atoms with Crippen LogP contribution in [0.15, 0.2) is 12.2 Å². The molecule has 0 aromatic rings. The number of ether oxygens (including phenoxy) is 2.